The fraction of sp³-hybridized carbons (Fsp3) is 0.654. The Morgan fingerprint density at radius 3 is 1.92 bits per heavy atom. The van der Waals surface area contributed by atoms with Crippen LogP contribution in [0.3, 0.4) is 0 Å². The van der Waals surface area contributed by atoms with Crippen LogP contribution in [0.4, 0.5) is 14.4 Å². The summed E-state index contributed by atoms with van der Waals surface area (Å²) in [7, 11) is 0. The molecule has 10 heteroatoms. The summed E-state index contributed by atoms with van der Waals surface area (Å²) >= 11 is 0. The molecule has 0 aliphatic carbocycles. The number of hydrogen-bond donors (Lipinski definition) is 2. The molecule has 36 heavy (non-hydrogen) atoms. The van der Waals surface area contributed by atoms with Gasteiger partial charge in [0, 0.05) is 32.2 Å². The molecule has 1 aromatic rings. The highest BCUT2D eigenvalue weighted by molar-refractivity contribution is 5.70. The van der Waals surface area contributed by atoms with Crippen LogP contribution in [-0.2, 0) is 20.8 Å². The molecule has 202 valence electrons. The van der Waals surface area contributed by atoms with Gasteiger partial charge in [0.2, 0.25) is 0 Å². The van der Waals surface area contributed by atoms with Crippen LogP contribution in [0, 0.1) is 0 Å². The molecular formula is C26H42N4O6. The molecule has 10 nitrogen and oxygen atoms in total. The van der Waals surface area contributed by atoms with E-state index in [1.165, 1.54) is 0 Å². The largest absolute Gasteiger partial charge is 0.445 e. The van der Waals surface area contributed by atoms with Crippen molar-refractivity contribution in [1.29, 1.82) is 0 Å². The molecule has 1 aromatic carbocycles. The second kappa shape index (κ2) is 12.8. The second-order valence-electron chi connectivity index (χ2n) is 11.1. The summed E-state index contributed by atoms with van der Waals surface area (Å²) in [5, 5.41) is 2.79. The van der Waals surface area contributed by atoms with Crippen molar-refractivity contribution in [2.75, 3.05) is 26.2 Å². The van der Waals surface area contributed by atoms with Gasteiger partial charge < -0.3 is 35.1 Å². The fourth-order valence-corrected chi connectivity index (χ4v) is 3.58. The minimum absolute atomic E-state index is 0.106. The topological polar surface area (TPSA) is 123 Å². The van der Waals surface area contributed by atoms with E-state index in [1.807, 2.05) is 71.9 Å². The summed E-state index contributed by atoms with van der Waals surface area (Å²) in [4.78, 5) is 38.5. The van der Waals surface area contributed by atoms with Crippen LogP contribution in [0.1, 0.15) is 59.9 Å². The number of rotatable bonds is 3. The maximum Gasteiger partial charge on any atom is 0.410 e. The predicted molar refractivity (Wildman–Crippen MR) is 136 cm³/mol. The number of ether oxygens (including phenoxy) is 3. The van der Waals surface area contributed by atoms with Crippen molar-refractivity contribution in [3.05, 3.63) is 35.9 Å². The Morgan fingerprint density at radius 1 is 0.889 bits per heavy atom. The van der Waals surface area contributed by atoms with E-state index in [9.17, 15) is 14.4 Å². The Bertz CT molecular complexity index is 865. The average molecular weight is 507 g/mol. The van der Waals surface area contributed by atoms with E-state index in [-0.39, 0.29) is 30.9 Å². The van der Waals surface area contributed by atoms with Gasteiger partial charge in [0.05, 0.1) is 6.04 Å². The van der Waals surface area contributed by atoms with E-state index < -0.39 is 17.3 Å². The molecule has 0 unspecified atom stereocenters. The lowest BCUT2D eigenvalue weighted by molar-refractivity contribution is 0.0281. The van der Waals surface area contributed by atoms with Crippen LogP contribution in [0.15, 0.2) is 30.3 Å². The third-order valence-corrected chi connectivity index (χ3v) is 5.25. The number of hydrogen-bond acceptors (Lipinski definition) is 7. The van der Waals surface area contributed by atoms with Crippen molar-refractivity contribution < 1.29 is 28.6 Å². The van der Waals surface area contributed by atoms with Crippen LogP contribution in [-0.4, -0.2) is 77.5 Å². The minimum Gasteiger partial charge on any atom is -0.445 e. The molecule has 2 heterocycles. The molecule has 2 atom stereocenters. The monoisotopic (exact) mass is 506 g/mol. The van der Waals surface area contributed by atoms with Gasteiger partial charge in [-0.2, -0.15) is 0 Å². The minimum atomic E-state index is -0.517. The summed E-state index contributed by atoms with van der Waals surface area (Å²) in [5.41, 5.74) is 5.68. The molecule has 0 radical (unpaired) electrons. The number of nitrogens with zero attached hydrogens (tertiary/aromatic N) is 2. The van der Waals surface area contributed by atoms with Crippen molar-refractivity contribution in [3.8, 4) is 0 Å². The fourth-order valence-electron chi connectivity index (χ4n) is 3.58. The molecule has 3 N–H and O–H groups in total. The zero-order valence-electron chi connectivity index (χ0n) is 22.4. The van der Waals surface area contributed by atoms with Crippen molar-refractivity contribution in [2.45, 2.75) is 84.3 Å². The standard InChI is InChI=1S/C17H24N2O4.C9H18N2O2/c1-17(2,3)23-16(21)19-10-9-14(11-19)18-15(20)22-12-13-7-5-4-6-8-13;1-9(2,3)13-8(12)11-5-4-7(10)6-11/h4-8,14H,9-12H2,1-3H3,(H,18,20);7H,4-6,10H2,1-3H3/t14-;7-/m00/s1. The molecule has 3 amide bonds. The molecule has 0 saturated carbocycles. The Hall–Kier alpha value is -3.01. The number of nitrogens with two attached hydrogens (primary N) is 1. The van der Waals surface area contributed by atoms with Crippen molar-refractivity contribution in [1.82, 2.24) is 15.1 Å². The lowest BCUT2D eigenvalue weighted by Gasteiger charge is -2.24. The van der Waals surface area contributed by atoms with E-state index >= 15 is 0 Å². The van der Waals surface area contributed by atoms with Gasteiger partial charge in [0.25, 0.3) is 0 Å². The first kappa shape index (κ1) is 29.2. The van der Waals surface area contributed by atoms with E-state index in [1.54, 1.807) is 9.80 Å². The van der Waals surface area contributed by atoms with Crippen molar-refractivity contribution >= 4 is 18.3 Å². The van der Waals surface area contributed by atoms with Gasteiger partial charge >= 0.3 is 18.3 Å². The van der Waals surface area contributed by atoms with Gasteiger partial charge in [-0.25, -0.2) is 14.4 Å². The summed E-state index contributed by atoms with van der Waals surface area (Å²) in [6, 6.07) is 9.50. The zero-order chi connectivity index (χ0) is 26.9. The van der Waals surface area contributed by atoms with Crippen LogP contribution < -0.4 is 11.1 Å². The van der Waals surface area contributed by atoms with Crippen molar-refractivity contribution in [2.24, 2.45) is 5.73 Å². The predicted octanol–water partition coefficient (Wildman–Crippen LogP) is 3.88. The first-order valence-corrected chi connectivity index (χ1v) is 12.4. The number of amides is 3. The molecule has 3 rings (SSSR count). The van der Waals surface area contributed by atoms with E-state index in [0.29, 0.717) is 26.1 Å². The van der Waals surface area contributed by atoms with E-state index in [0.717, 1.165) is 18.5 Å². The van der Waals surface area contributed by atoms with Crippen molar-refractivity contribution in [3.63, 3.8) is 0 Å². The normalized spacial score (nSPS) is 19.8. The van der Waals surface area contributed by atoms with Crippen LogP contribution >= 0.6 is 0 Å². The lowest BCUT2D eigenvalue weighted by atomic mass is 10.2. The molecule has 2 fully saturated rings. The summed E-state index contributed by atoms with van der Waals surface area (Å²) < 4.78 is 15.7. The number of benzene rings is 1. The van der Waals surface area contributed by atoms with Crippen LogP contribution in [0.5, 0.6) is 0 Å². The maximum atomic E-state index is 12.0. The SMILES string of the molecule is CC(C)(C)OC(=O)N1CC[C@H](N)C1.CC(C)(C)OC(=O)N1CC[C@H](NC(=O)OCc2ccccc2)C1. The number of alkyl carbamates (subject to hydrolysis) is 1. The summed E-state index contributed by atoms with van der Waals surface area (Å²) in [5.74, 6) is 0. The third kappa shape index (κ3) is 11.2. The Kier molecular flexibility index (Phi) is 10.4. The average Bonchev–Trinajstić information content (AvgIpc) is 3.40. The van der Waals surface area contributed by atoms with E-state index in [4.69, 9.17) is 19.9 Å². The Balaban J connectivity index is 0.000000297. The van der Waals surface area contributed by atoms with Gasteiger partial charge in [-0.1, -0.05) is 30.3 Å². The molecule has 2 aliphatic heterocycles. The second-order valence-corrected chi connectivity index (χ2v) is 11.1. The Morgan fingerprint density at radius 2 is 1.42 bits per heavy atom. The first-order chi connectivity index (χ1) is 16.7. The third-order valence-electron chi connectivity index (χ3n) is 5.25. The highest BCUT2D eigenvalue weighted by Crippen LogP contribution is 2.16. The van der Waals surface area contributed by atoms with Gasteiger partial charge in [0.1, 0.15) is 17.8 Å². The number of carbonyl (C=O) groups is 3. The smallest absolute Gasteiger partial charge is 0.410 e. The number of carbonyl (C=O) groups excluding carboxylic acids is 3. The number of likely N-dealkylation sites (tertiary alicyclic amines) is 2. The van der Waals surface area contributed by atoms with Crippen LogP contribution in [0.2, 0.25) is 0 Å². The summed E-state index contributed by atoms with van der Waals surface area (Å²) in [6.07, 6.45) is 0.503. The molecule has 0 aromatic heterocycles. The summed E-state index contributed by atoms with van der Waals surface area (Å²) in [6.45, 7) is 13.7. The van der Waals surface area contributed by atoms with Gasteiger partial charge in [-0.05, 0) is 59.9 Å². The van der Waals surface area contributed by atoms with Gasteiger partial charge in [-0.15, -0.1) is 0 Å². The molecule has 0 spiro atoms. The van der Waals surface area contributed by atoms with Crippen LogP contribution in [0.25, 0.3) is 0 Å². The van der Waals surface area contributed by atoms with Gasteiger partial charge in [-0.3, -0.25) is 0 Å². The van der Waals surface area contributed by atoms with Gasteiger partial charge in [0.15, 0.2) is 0 Å². The highest BCUT2D eigenvalue weighted by Gasteiger charge is 2.31. The maximum absolute atomic E-state index is 12.0. The highest BCUT2D eigenvalue weighted by atomic mass is 16.6. The quantitative estimate of drug-likeness (QED) is 0.596. The first-order valence-electron chi connectivity index (χ1n) is 12.4. The molecule has 2 saturated heterocycles. The molecular weight excluding hydrogens is 464 g/mol. The zero-order valence-corrected chi connectivity index (χ0v) is 22.4. The number of nitrogens with one attached hydrogen (secondary N) is 1. The van der Waals surface area contributed by atoms with E-state index in [2.05, 4.69) is 5.32 Å². The molecule has 0 bridgehead atoms. The lowest BCUT2D eigenvalue weighted by Crippen LogP contribution is -2.40. The Labute approximate surface area is 214 Å². The molecule has 2 aliphatic rings.